The van der Waals surface area contributed by atoms with E-state index in [1.807, 2.05) is 6.92 Å². The molecule has 0 N–H and O–H groups in total. The lowest BCUT2D eigenvalue weighted by Crippen LogP contribution is -2.04. The zero-order valence-corrected chi connectivity index (χ0v) is 7.88. The number of aldehydes is 1. The van der Waals surface area contributed by atoms with E-state index < -0.39 is 0 Å². The quantitative estimate of drug-likeness (QED) is 0.465. The Morgan fingerprint density at radius 2 is 2.00 bits per heavy atom. The van der Waals surface area contributed by atoms with Gasteiger partial charge in [0.25, 0.3) is 0 Å². The number of hydrogen-bond donors (Lipinski definition) is 0. The third-order valence-electron chi connectivity index (χ3n) is 2.68. The fraction of sp³-hybridized carbons (Fsp3) is 0.727. The molecule has 0 aromatic carbocycles. The van der Waals surface area contributed by atoms with Crippen molar-refractivity contribution in [3.8, 4) is 0 Å². The van der Waals surface area contributed by atoms with Gasteiger partial charge in [-0.15, -0.1) is 0 Å². The summed E-state index contributed by atoms with van der Waals surface area (Å²) in [7, 11) is 0. The van der Waals surface area contributed by atoms with Gasteiger partial charge in [0.2, 0.25) is 0 Å². The van der Waals surface area contributed by atoms with Crippen molar-refractivity contribution in [1.29, 1.82) is 0 Å². The van der Waals surface area contributed by atoms with Gasteiger partial charge in [-0.3, -0.25) is 4.79 Å². The van der Waals surface area contributed by atoms with E-state index in [0.717, 1.165) is 24.2 Å². The van der Waals surface area contributed by atoms with E-state index in [9.17, 15) is 4.79 Å². The summed E-state index contributed by atoms with van der Waals surface area (Å²) in [5, 5.41) is 0. The van der Waals surface area contributed by atoms with Gasteiger partial charge in [0.1, 0.15) is 6.29 Å². The van der Waals surface area contributed by atoms with Crippen LogP contribution in [-0.2, 0) is 4.79 Å². The monoisotopic (exact) mass is 166 g/mol. The number of rotatable bonds is 3. The highest BCUT2D eigenvalue weighted by molar-refractivity contribution is 5.71. The van der Waals surface area contributed by atoms with Crippen molar-refractivity contribution in [2.75, 3.05) is 0 Å². The lowest BCUT2D eigenvalue weighted by atomic mass is 9.86. The minimum atomic E-state index is 0.855. The first-order chi connectivity index (χ1) is 5.83. The fourth-order valence-corrected chi connectivity index (χ4v) is 1.82. The first-order valence-corrected chi connectivity index (χ1v) is 4.95. The van der Waals surface area contributed by atoms with E-state index in [1.165, 1.54) is 32.1 Å². The molecular weight excluding hydrogens is 148 g/mol. The molecule has 0 radical (unpaired) electrons. The molecule has 1 aliphatic rings. The lowest BCUT2D eigenvalue weighted by molar-refractivity contribution is -0.104. The third-order valence-corrected chi connectivity index (χ3v) is 2.68. The molecule has 1 rings (SSSR count). The van der Waals surface area contributed by atoms with Crippen LogP contribution in [0.1, 0.15) is 45.4 Å². The van der Waals surface area contributed by atoms with Gasteiger partial charge in [-0.25, -0.2) is 0 Å². The summed E-state index contributed by atoms with van der Waals surface area (Å²) in [6.45, 7) is 1.88. The second-order valence-corrected chi connectivity index (χ2v) is 3.81. The van der Waals surface area contributed by atoms with Crippen molar-refractivity contribution in [3.63, 3.8) is 0 Å². The lowest BCUT2D eigenvalue weighted by Gasteiger charge is -2.19. The SMILES string of the molecule is CC(C=O)=CCC1CCCCC1. The molecule has 12 heavy (non-hydrogen) atoms. The van der Waals surface area contributed by atoms with E-state index in [0.29, 0.717) is 0 Å². The highest BCUT2D eigenvalue weighted by Gasteiger charge is 2.11. The molecule has 68 valence electrons. The van der Waals surface area contributed by atoms with Crippen LogP contribution in [0.5, 0.6) is 0 Å². The van der Waals surface area contributed by atoms with E-state index in [2.05, 4.69) is 6.08 Å². The zero-order chi connectivity index (χ0) is 8.81. The fourth-order valence-electron chi connectivity index (χ4n) is 1.82. The van der Waals surface area contributed by atoms with Gasteiger partial charge in [-0.2, -0.15) is 0 Å². The largest absolute Gasteiger partial charge is 0.298 e. The van der Waals surface area contributed by atoms with Crippen LogP contribution in [-0.4, -0.2) is 6.29 Å². The Hall–Kier alpha value is -0.590. The molecule has 0 aromatic rings. The van der Waals surface area contributed by atoms with Crippen molar-refractivity contribution in [2.24, 2.45) is 5.92 Å². The molecule has 0 atom stereocenters. The first-order valence-electron chi connectivity index (χ1n) is 4.95. The smallest absolute Gasteiger partial charge is 0.145 e. The molecule has 0 spiro atoms. The Morgan fingerprint density at radius 1 is 1.33 bits per heavy atom. The van der Waals surface area contributed by atoms with Gasteiger partial charge in [-0.1, -0.05) is 38.2 Å². The van der Waals surface area contributed by atoms with Crippen molar-refractivity contribution >= 4 is 6.29 Å². The highest BCUT2D eigenvalue weighted by atomic mass is 16.1. The summed E-state index contributed by atoms with van der Waals surface area (Å²) in [6.07, 6.45) is 11.1. The molecule has 0 amide bonds. The van der Waals surface area contributed by atoms with Gasteiger partial charge >= 0.3 is 0 Å². The Labute approximate surface area is 74.9 Å². The topological polar surface area (TPSA) is 17.1 Å². The molecule has 0 aliphatic heterocycles. The molecule has 1 heteroatoms. The number of carbonyl (C=O) groups excluding carboxylic acids is 1. The molecule has 0 aromatic heterocycles. The van der Waals surface area contributed by atoms with Gasteiger partial charge < -0.3 is 0 Å². The Morgan fingerprint density at radius 3 is 2.58 bits per heavy atom. The zero-order valence-electron chi connectivity index (χ0n) is 7.88. The predicted octanol–water partition coefficient (Wildman–Crippen LogP) is 3.10. The van der Waals surface area contributed by atoms with Crippen LogP contribution in [0.4, 0.5) is 0 Å². The molecule has 0 bridgehead atoms. The Kier molecular flexibility index (Phi) is 4.06. The highest BCUT2D eigenvalue weighted by Crippen LogP contribution is 2.26. The van der Waals surface area contributed by atoms with E-state index in [4.69, 9.17) is 0 Å². The second-order valence-electron chi connectivity index (χ2n) is 3.81. The van der Waals surface area contributed by atoms with Gasteiger partial charge in [0, 0.05) is 0 Å². The van der Waals surface area contributed by atoms with Crippen molar-refractivity contribution in [3.05, 3.63) is 11.6 Å². The maximum absolute atomic E-state index is 10.3. The number of hydrogen-bond acceptors (Lipinski definition) is 1. The second kappa shape index (κ2) is 5.13. The van der Waals surface area contributed by atoms with Crippen LogP contribution in [0.3, 0.4) is 0 Å². The summed E-state index contributed by atoms with van der Waals surface area (Å²) in [5.74, 6) is 0.855. The Bertz CT molecular complexity index is 164. The van der Waals surface area contributed by atoms with E-state index >= 15 is 0 Å². The Balaban J connectivity index is 2.25. The normalized spacial score (nSPS) is 20.9. The van der Waals surface area contributed by atoms with E-state index in [-0.39, 0.29) is 0 Å². The third kappa shape index (κ3) is 3.21. The summed E-state index contributed by atoms with van der Waals surface area (Å²) in [5.41, 5.74) is 0.889. The number of carbonyl (C=O) groups is 1. The van der Waals surface area contributed by atoms with Crippen LogP contribution < -0.4 is 0 Å². The minimum Gasteiger partial charge on any atom is -0.298 e. The maximum Gasteiger partial charge on any atom is 0.145 e. The summed E-state index contributed by atoms with van der Waals surface area (Å²) in [6, 6.07) is 0. The number of allylic oxidation sites excluding steroid dienone is 2. The molecular formula is C11H18O. The molecule has 1 aliphatic carbocycles. The van der Waals surface area contributed by atoms with Crippen molar-refractivity contribution in [2.45, 2.75) is 45.4 Å². The average molecular weight is 166 g/mol. The van der Waals surface area contributed by atoms with Crippen LogP contribution >= 0.6 is 0 Å². The first kappa shape index (κ1) is 9.50. The van der Waals surface area contributed by atoms with Crippen LogP contribution in [0.2, 0.25) is 0 Å². The standard InChI is InChI=1S/C11H18O/c1-10(9-12)7-8-11-5-3-2-4-6-11/h7,9,11H,2-6,8H2,1H3. The molecule has 1 saturated carbocycles. The van der Waals surface area contributed by atoms with Crippen molar-refractivity contribution < 1.29 is 4.79 Å². The maximum atomic E-state index is 10.3. The summed E-state index contributed by atoms with van der Waals surface area (Å²) >= 11 is 0. The van der Waals surface area contributed by atoms with Crippen LogP contribution in [0, 0.1) is 5.92 Å². The van der Waals surface area contributed by atoms with Crippen LogP contribution in [0.15, 0.2) is 11.6 Å². The predicted molar refractivity (Wildman–Crippen MR) is 51.0 cm³/mol. The van der Waals surface area contributed by atoms with Gasteiger partial charge in [0.05, 0.1) is 0 Å². The molecule has 0 saturated heterocycles. The van der Waals surface area contributed by atoms with Gasteiger partial charge in [0.15, 0.2) is 0 Å². The molecule has 1 fully saturated rings. The van der Waals surface area contributed by atoms with E-state index in [1.54, 1.807) is 0 Å². The molecule has 0 unspecified atom stereocenters. The summed E-state index contributed by atoms with van der Waals surface area (Å²) in [4.78, 5) is 10.3. The average Bonchev–Trinajstić information content (AvgIpc) is 2.16. The van der Waals surface area contributed by atoms with Crippen LogP contribution in [0.25, 0.3) is 0 Å². The summed E-state index contributed by atoms with van der Waals surface area (Å²) < 4.78 is 0. The van der Waals surface area contributed by atoms with Crippen molar-refractivity contribution in [1.82, 2.24) is 0 Å². The minimum absolute atomic E-state index is 0.855. The molecule has 0 heterocycles. The van der Waals surface area contributed by atoms with Gasteiger partial charge in [-0.05, 0) is 24.8 Å². The molecule has 1 nitrogen and oxygen atoms in total.